The number of hydrogen-bond acceptors (Lipinski definition) is 1. The molecule has 2 rings (SSSR count). The Balaban J connectivity index is 2.15. The molecule has 0 fully saturated rings. The van der Waals surface area contributed by atoms with E-state index < -0.39 is 0 Å². The molecule has 110 valence electrons. The number of urea groups is 1. The smallest absolute Gasteiger partial charge is 0.326 e. The highest BCUT2D eigenvalue weighted by molar-refractivity contribution is 5.99. The van der Waals surface area contributed by atoms with Crippen molar-refractivity contribution in [2.24, 2.45) is 0 Å². The highest BCUT2D eigenvalue weighted by Gasteiger charge is 2.16. The van der Waals surface area contributed by atoms with E-state index in [1.165, 1.54) is 0 Å². The Hall–Kier alpha value is -2.29. The van der Waals surface area contributed by atoms with Gasteiger partial charge in [-0.2, -0.15) is 0 Å². The van der Waals surface area contributed by atoms with E-state index in [-0.39, 0.29) is 6.03 Å². The molecule has 2 amide bonds. The summed E-state index contributed by atoms with van der Waals surface area (Å²) in [4.78, 5) is 14.2. The first kappa shape index (κ1) is 15.1. The maximum Gasteiger partial charge on any atom is 0.326 e. The first-order valence-corrected chi connectivity index (χ1v) is 7.51. The monoisotopic (exact) mass is 282 g/mol. The van der Waals surface area contributed by atoms with Crippen molar-refractivity contribution in [3.05, 3.63) is 60.7 Å². The summed E-state index contributed by atoms with van der Waals surface area (Å²) >= 11 is 0. The highest BCUT2D eigenvalue weighted by Crippen LogP contribution is 2.24. The van der Waals surface area contributed by atoms with Crippen molar-refractivity contribution in [2.75, 3.05) is 11.4 Å². The van der Waals surface area contributed by atoms with E-state index in [4.69, 9.17) is 0 Å². The lowest BCUT2D eigenvalue weighted by Gasteiger charge is -2.23. The molecule has 0 aromatic heterocycles. The summed E-state index contributed by atoms with van der Waals surface area (Å²) in [6.07, 6.45) is 3.30. The normalized spacial score (nSPS) is 10.1. The second kappa shape index (κ2) is 8.10. The van der Waals surface area contributed by atoms with Crippen molar-refractivity contribution in [1.82, 2.24) is 5.32 Å². The lowest BCUT2D eigenvalue weighted by atomic mass is 10.2. The molecule has 21 heavy (non-hydrogen) atoms. The quantitative estimate of drug-likeness (QED) is 0.764. The van der Waals surface area contributed by atoms with Crippen molar-refractivity contribution in [2.45, 2.75) is 26.2 Å². The molecule has 3 nitrogen and oxygen atoms in total. The first-order chi connectivity index (χ1) is 10.3. The maximum absolute atomic E-state index is 12.5. The lowest BCUT2D eigenvalue weighted by Crippen LogP contribution is -2.37. The Morgan fingerprint density at radius 3 is 1.90 bits per heavy atom. The Kier molecular flexibility index (Phi) is 5.83. The summed E-state index contributed by atoms with van der Waals surface area (Å²) in [5.41, 5.74) is 1.74. The number of nitrogens with zero attached hydrogens (tertiary/aromatic N) is 1. The number of anilines is 2. The Bertz CT molecular complexity index is 500. The average molecular weight is 282 g/mol. The summed E-state index contributed by atoms with van der Waals surface area (Å²) in [5, 5.41) is 3.00. The van der Waals surface area contributed by atoms with Crippen molar-refractivity contribution < 1.29 is 4.79 Å². The molecule has 0 bridgehead atoms. The summed E-state index contributed by atoms with van der Waals surface area (Å²) in [7, 11) is 0. The highest BCUT2D eigenvalue weighted by atomic mass is 16.2. The third-order valence-electron chi connectivity index (χ3n) is 3.29. The van der Waals surface area contributed by atoms with Gasteiger partial charge in [0.2, 0.25) is 0 Å². The van der Waals surface area contributed by atoms with Crippen LogP contribution in [-0.4, -0.2) is 12.6 Å². The fourth-order valence-corrected chi connectivity index (χ4v) is 2.19. The molecule has 2 aromatic rings. The van der Waals surface area contributed by atoms with Gasteiger partial charge in [-0.25, -0.2) is 4.79 Å². The van der Waals surface area contributed by atoms with Gasteiger partial charge in [-0.05, 0) is 30.7 Å². The van der Waals surface area contributed by atoms with E-state index in [2.05, 4.69) is 12.2 Å². The Morgan fingerprint density at radius 2 is 1.43 bits per heavy atom. The summed E-state index contributed by atoms with van der Waals surface area (Å²) in [6, 6.07) is 19.4. The van der Waals surface area contributed by atoms with Crippen LogP contribution in [0.25, 0.3) is 0 Å². The van der Waals surface area contributed by atoms with Crippen LogP contribution < -0.4 is 10.2 Å². The molecule has 0 spiro atoms. The van der Waals surface area contributed by atoms with Gasteiger partial charge in [-0.1, -0.05) is 56.2 Å². The van der Waals surface area contributed by atoms with Gasteiger partial charge in [0.15, 0.2) is 0 Å². The van der Waals surface area contributed by atoms with E-state index >= 15 is 0 Å². The van der Waals surface area contributed by atoms with Crippen LogP contribution in [0.1, 0.15) is 26.2 Å². The zero-order valence-electron chi connectivity index (χ0n) is 12.5. The van der Waals surface area contributed by atoms with Crippen molar-refractivity contribution in [3.63, 3.8) is 0 Å². The number of hydrogen-bond donors (Lipinski definition) is 1. The van der Waals surface area contributed by atoms with Gasteiger partial charge in [-0.15, -0.1) is 0 Å². The van der Waals surface area contributed by atoms with Crippen LogP contribution in [0.2, 0.25) is 0 Å². The van der Waals surface area contributed by atoms with E-state index in [1.807, 2.05) is 60.7 Å². The number of benzene rings is 2. The summed E-state index contributed by atoms with van der Waals surface area (Å²) in [5.74, 6) is 0. The van der Waals surface area contributed by atoms with Crippen LogP contribution in [0.4, 0.5) is 16.2 Å². The van der Waals surface area contributed by atoms with Gasteiger partial charge in [0, 0.05) is 6.54 Å². The molecule has 0 aliphatic carbocycles. The molecular formula is C18H22N2O. The van der Waals surface area contributed by atoms with E-state index in [0.717, 1.165) is 30.6 Å². The summed E-state index contributed by atoms with van der Waals surface area (Å²) < 4.78 is 0. The molecule has 0 unspecified atom stereocenters. The van der Waals surface area contributed by atoms with Crippen LogP contribution in [0.5, 0.6) is 0 Å². The molecule has 0 radical (unpaired) electrons. The number of para-hydroxylation sites is 2. The van der Waals surface area contributed by atoms with Crippen LogP contribution in [-0.2, 0) is 0 Å². The fourth-order valence-electron chi connectivity index (χ4n) is 2.19. The molecule has 3 heteroatoms. The van der Waals surface area contributed by atoms with Crippen molar-refractivity contribution >= 4 is 17.4 Å². The molecule has 0 atom stereocenters. The van der Waals surface area contributed by atoms with E-state index in [0.29, 0.717) is 6.54 Å². The molecule has 1 N–H and O–H groups in total. The van der Waals surface area contributed by atoms with Gasteiger partial charge in [0.25, 0.3) is 0 Å². The Labute approximate surface area is 126 Å². The maximum atomic E-state index is 12.5. The molecule has 2 aromatic carbocycles. The fraction of sp³-hybridized carbons (Fsp3) is 0.278. The number of carbonyl (C=O) groups excluding carboxylic acids is 1. The number of amides is 2. The third-order valence-corrected chi connectivity index (χ3v) is 3.29. The average Bonchev–Trinajstić information content (AvgIpc) is 2.54. The van der Waals surface area contributed by atoms with Gasteiger partial charge in [-0.3, -0.25) is 4.90 Å². The Morgan fingerprint density at radius 1 is 0.905 bits per heavy atom. The molecule has 0 aliphatic heterocycles. The standard InChI is InChI=1S/C18H22N2O/c1-2-3-10-15-19-18(21)20(16-11-6-4-7-12-16)17-13-8-5-9-14-17/h4-9,11-14H,2-3,10,15H2,1H3,(H,19,21). The lowest BCUT2D eigenvalue weighted by molar-refractivity contribution is 0.248. The zero-order chi connectivity index (χ0) is 14.9. The molecular weight excluding hydrogens is 260 g/mol. The van der Waals surface area contributed by atoms with Crippen LogP contribution >= 0.6 is 0 Å². The third kappa shape index (κ3) is 4.35. The molecule has 0 saturated heterocycles. The molecule has 0 saturated carbocycles. The topological polar surface area (TPSA) is 32.3 Å². The second-order valence-corrected chi connectivity index (χ2v) is 4.95. The second-order valence-electron chi connectivity index (χ2n) is 4.95. The van der Waals surface area contributed by atoms with Gasteiger partial charge < -0.3 is 5.32 Å². The SMILES string of the molecule is CCCCCNC(=O)N(c1ccccc1)c1ccccc1. The van der Waals surface area contributed by atoms with Crippen molar-refractivity contribution in [3.8, 4) is 0 Å². The van der Waals surface area contributed by atoms with E-state index in [1.54, 1.807) is 4.90 Å². The number of unbranched alkanes of at least 4 members (excludes halogenated alkanes) is 2. The predicted molar refractivity (Wildman–Crippen MR) is 87.9 cm³/mol. The van der Waals surface area contributed by atoms with Crippen molar-refractivity contribution in [1.29, 1.82) is 0 Å². The summed E-state index contributed by atoms with van der Waals surface area (Å²) in [6.45, 7) is 2.87. The minimum atomic E-state index is -0.0801. The van der Waals surface area contributed by atoms with Gasteiger partial charge >= 0.3 is 6.03 Å². The minimum absolute atomic E-state index is 0.0801. The van der Waals surface area contributed by atoms with E-state index in [9.17, 15) is 4.79 Å². The number of nitrogens with one attached hydrogen (secondary N) is 1. The predicted octanol–water partition coefficient (Wildman–Crippen LogP) is 4.72. The van der Waals surface area contributed by atoms with Crippen LogP contribution in [0.3, 0.4) is 0 Å². The number of rotatable bonds is 6. The zero-order valence-corrected chi connectivity index (χ0v) is 12.5. The first-order valence-electron chi connectivity index (χ1n) is 7.51. The molecule has 0 aliphatic rings. The van der Waals surface area contributed by atoms with Crippen LogP contribution in [0, 0.1) is 0 Å². The largest absolute Gasteiger partial charge is 0.337 e. The van der Waals surface area contributed by atoms with Gasteiger partial charge in [0.1, 0.15) is 0 Å². The van der Waals surface area contributed by atoms with Gasteiger partial charge in [0.05, 0.1) is 11.4 Å². The minimum Gasteiger partial charge on any atom is -0.337 e. The number of carbonyl (C=O) groups is 1. The van der Waals surface area contributed by atoms with Crippen LogP contribution in [0.15, 0.2) is 60.7 Å². The molecule has 0 heterocycles.